The Bertz CT molecular complexity index is 1060. The summed E-state index contributed by atoms with van der Waals surface area (Å²) in [5.74, 6) is 2.89. The summed E-state index contributed by atoms with van der Waals surface area (Å²) in [6, 6.07) is 5.46. The van der Waals surface area contributed by atoms with E-state index in [1.807, 2.05) is 19.1 Å². The number of methoxy groups -OCH3 is 2. The highest BCUT2D eigenvalue weighted by atomic mass is 32.2. The standard InChI is InChI=1S/C20H23N3O5S/c1-11-14(7-8-24)18(25)23-20(21-11)29-10-15-12(2)28-19(22-15)13-5-6-16(26-3)17(9-13)27-4/h5-6,9,24H,7-8,10H2,1-4H3,(H,21,23,25). The molecule has 0 aliphatic rings. The summed E-state index contributed by atoms with van der Waals surface area (Å²) in [4.78, 5) is 23.9. The van der Waals surface area contributed by atoms with E-state index in [0.717, 1.165) is 11.3 Å². The summed E-state index contributed by atoms with van der Waals surface area (Å²) in [5, 5.41) is 9.56. The molecule has 0 atom stereocenters. The minimum absolute atomic E-state index is 0.0881. The van der Waals surface area contributed by atoms with Gasteiger partial charge in [0.05, 0.1) is 19.9 Å². The van der Waals surface area contributed by atoms with Crippen molar-refractivity contribution in [2.75, 3.05) is 20.8 Å². The number of hydrogen-bond donors (Lipinski definition) is 2. The maximum Gasteiger partial charge on any atom is 0.255 e. The molecule has 0 aliphatic carbocycles. The Morgan fingerprint density at radius 3 is 2.59 bits per heavy atom. The smallest absolute Gasteiger partial charge is 0.255 e. The summed E-state index contributed by atoms with van der Waals surface area (Å²) in [6.07, 6.45) is 0.288. The number of ether oxygens (including phenoxy) is 2. The average molecular weight is 417 g/mol. The molecule has 9 heteroatoms. The number of oxazole rings is 1. The Balaban J connectivity index is 1.79. The van der Waals surface area contributed by atoms with Crippen LogP contribution in [0, 0.1) is 13.8 Å². The number of aromatic amines is 1. The molecule has 0 aliphatic heterocycles. The number of benzene rings is 1. The highest BCUT2D eigenvalue weighted by Gasteiger charge is 2.15. The summed E-state index contributed by atoms with van der Waals surface area (Å²) in [6.45, 7) is 3.52. The van der Waals surface area contributed by atoms with Crippen LogP contribution >= 0.6 is 11.8 Å². The zero-order valence-corrected chi connectivity index (χ0v) is 17.6. The van der Waals surface area contributed by atoms with Crippen LogP contribution in [0.4, 0.5) is 0 Å². The van der Waals surface area contributed by atoms with Crippen molar-refractivity contribution in [3.05, 3.63) is 51.3 Å². The summed E-state index contributed by atoms with van der Waals surface area (Å²) >= 11 is 1.37. The van der Waals surface area contributed by atoms with Gasteiger partial charge >= 0.3 is 0 Å². The number of H-pyrrole nitrogens is 1. The van der Waals surface area contributed by atoms with Crippen LogP contribution in [0.25, 0.3) is 11.5 Å². The Morgan fingerprint density at radius 2 is 1.93 bits per heavy atom. The van der Waals surface area contributed by atoms with Gasteiger partial charge in [-0.05, 0) is 32.0 Å². The van der Waals surface area contributed by atoms with Gasteiger partial charge in [-0.1, -0.05) is 11.8 Å². The first-order valence-electron chi connectivity index (χ1n) is 8.99. The van der Waals surface area contributed by atoms with E-state index in [9.17, 15) is 4.79 Å². The predicted molar refractivity (Wildman–Crippen MR) is 110 cm³/mol. The van der Waals surface area contributed by atoms with Gasteiger partial charge in [0.2, 0.25) is 5.89 Å². The third-order valence-corrected chi connectivity index (χ3v) is 5.32. The minimum atomic E-state index is -0.225. The van der Waals surface area contributed by atoms with Gasteiger partial charge in [-0.25, -0.2) is 9.97 Å². The first-order valence-corrected chi connectivity index (χ1v) is 9.97. The number of aryl methyl sites for hydroxylation is 2. The highest BCUT2D eigenvalue weighted by Crippen LogP contribution is 2.33. The maximum absolute atomic E-state index is 12.2. The molecule has 1 aromatic carbocycles. The third-order valence-electron chi connectivity index (χ3n) is 4.43. The summed E-state index contributed by atoms with van der Waals surface area (Å²) < 4.78 is 16.4. The van der Waals surface area contributed by atoms with Crippen molar-refractivity contribution in [1.82, 2.24) is 15.0 Å². The Kier molecular flexibility index (Phi) is 6.60. The second-order valence-corrected chi connectivity index (χ2v) is 7.25. The number of aliphatic hydroxyl groups is 1. The molecule has 3 rings (SSSR count). The fraction of sp³-hybridized carbons (Fsp3) is 0.350. The van der Waals surface area contributed by atoms with Crippen molar-refractivity contribution in [3.63, 3.8) is 0 Å². The van der Waals surface area contributed by atoms with E-state index in [1.54, 1.807) is 27.2 Å². The molecular formula is C20H23N3O5S. The molecule has 0 saturated heterocycles. The fourth-order valence-electron chi connectivity index (χ4n) is 2.85. The minimum Gasteiger partial charge on any atom is -0.493 e. The summed E-state index contributed by atoms with van der Waals surface area (Å²) in [7, 11) is 3.16. The average Bonchev–Trinajstić information content (AvgIpc) is 3.09. The molecule has 3 aromatic rings. The number of aromatic nitrogens is 3. The Morgan fingerprint density at radius 1 is 1.17 bits per heavy atom. The molecule has 0 radical (unpaired) electrons. The van der Waals surface area contributed by atoms with Crippen LogP contribution in [0.5, 0.6) is 11.5 Å². The zero-order chi connectivity index (χ0) is 21.0. The van der Waals surface area contributed by atoms with Crippen LogP contribution in [0.1, 0.15) is 22.7 Å². The van der Waals surface area contributed by atoms with Crippen LogP contribution < -0.4 is 15.0 Å². The van der Waals surface area contributed by atoms with Gasteiger partial charge in [0.15, 0.2) is 16.7 Å². The van der Waals surface area contributed by atoms with E-state index < -0.39 is 0 Å². The lowest BCUT2D eigenvalue weighted by molar-refractivity contribution is 0.298. The largest absolute Gasteiger partial charge is 0.493 e. The lowest BCUT2D eigenvalue weighted by Gasteiger charge is -2.07. The van der Waals surface area contributed by atoms with Gasteiger partial charge in [0, 0.05) is 35.6 Å². The third kappa shape index (κ3) is 4.63. The SMILES string of the molecule is COc1ccc(-c2nc(CSc3nc(C)c(CCO)c(=O)[nH]3)c(C)o2)cc1OC. The number of aliphatic hydroxyl groups excluding tert-OH is 1. The van der Waals surface area contributed by atoms with Crippen LogP contribution in [-0.4, -0.2) is 40.9 Å². The number of hydrogen-bond acceptors (Lipinski definition) is 8. The number of rotatable bonds is 8. The molecule has 0 bridgehead atoms. The van der Waals surface area contributed by atoms with E-state index in [2.05, 4.69) is 15.0 Å². The Labute approximate surface area is 172 Å². The predicted octanol–water partition coefficient (Wildman–Crippen LogP) is 2.89. The molecule has 0 unspecified atom stereocenters. The van der Waals surface area contributed by atoms with Crippen LogP contribution in [0.15, 0.2) is 32.6 Å². The van der Waals surface area contributed by atoms with E-state index in [4.69, 9.17) is 19.0 Å². The van der Waals surface area contributed by atoms with Gasteiger partial charge < -0.3 is 24.0 Å². The van der Waals surface area contributed by atoms with E-state index in [-0.39, 0.29) is 18.6 Å². The fourth-order valence-corrected chi connectivity index (χ4v) is 3.76. The normalized spacial score (nSPS) is 10.9. The second kappa shape index (κ2) is 9.15. The molecule has 29 heavy (non-hydrogen) atoms. The maximum atomic E-state index is 12.2. The number of nitrogens with zero attached hydrogens (tertiary/aromatic N) is 2. The molecule has 154 valence electrons. The molecule has 2 heterocycles. The topological polar surface area (TPSA) is 110 Å². The van der Waals surface area contributed by atoms with E-state index in [1.165, 1.54) is 11.8 Å². The lowest BCUT2D eigenvalue weighted by atomic mass is 10.2. The lowest BCUT2D eigenvalue weighted by Crippen LogP contribution is -2.18. The molecular weight excluding hydrogens is 394 g/mol. The van der Waals surface area contributed by atoms with Gasteiger partial charge in [-0.3, -0.25) is 4.79 Å². The molecule has 2 aromatic heterocycles. The van der Waals surface area contributed by atoms with Crippen molar-refractivity contribution in [3.8, 4) is 23.0 Å². The van der Waals surface area contributed by atoms with Crippen molar-refractivity contribution in [1.29, 1.82) is 0 Å². The molecule has 0 amide bonds. The number of thioether (sulfide) groups is 1. The first-order chi connectivity index (χ1) is 14.0. The van der Waals surface area contributed by atoms with Crippen molar-refractivity contribution < 1.29 is 19.0 Å². The van der Waals surface area contributed by atoms with Gasteiger partial charge in [0.1, 0.15) is 5.76 Å². The van der Waals surface area contributed by atoms with E-state index in [0.29, 0.717) is 45.3 Å². The quantitative estimate of drug-likeness (QED) is 0.425. The summed E-state index contributed by atoms with van der Waals surface area (Å²) in [5.41, 5.74) is 2.44. The zero-order valence-electron chi connectivity index (χ0n) is 16.7. The molecule has 0 fully saturated rings. The second-order valence-electron chi connectivity index (χ2n) is 6.29. The van der Waals surface area contributed by atoms with E-state index >= 15 is 0 Å². The van der Waals surface area contributed by atoms with Crippen LogP contribution in [0.2, 0.25) is 0 Å². The monoisotopic (exact) mass is 417 g/mol. The Hall–Kier alpha value is -2.78. The van der Waals surface area contributed by atoms with Crippen molar-refractivity contribution in [2.45, 2.75) is 31.2 Å². The van der Waals surface area contributed by atoms with Crippen molar-refractivity contribution >= 4 is 11.8 Å². The highest BCUT2D eigenvalue weighted by molar-refractivity contribution is 7.98. The molecule has 2 N–H and O–H groups in total. The molecule has 0 spiro atoms. The van der Waals surface area contributed by atoms with Gasteiger partial charge in [-0.2, -0.15) is 0 Å². The van der Waals surface area contributed by atoms with Gasteiger partial charge in [-0.15, -0.1) is 0 Å². The van der Waals surface area contributed by atoms with Crippen molar-refractivity contribution in [2.24, 2.45) is 0 Å². The molecule has 0 saturated carbocycles. The van der Waals surface area contributed by atoms with Crippen LogP contribution in [-0.2, 0) is 12.2 Å². The van der Waals surface area contributed by atoms with Crippen LogP contribution in [0.3, 0.4) is 0 Å². The first kappa shape index (κ1) is 20.9. The number of nitrogens with one attached hydrogen (secondary N) is 1. The molecule has 8 nitrogen and oxygen atoms in total. The van der Waals surface area contributed by atoms with Gasteiger partial charge in [0.25, 0.3) is 5.56 Å².